The number of methoxy groups -OCH3 is 1. The standard InChI is InChI=1S/C22H18N4OS/c1-4-14-7-5-8-15(11-14)21-24-20(23)18-13-19(28-22(18)25-21)26(2)16-9-6-10-17(12-16)27-3/h1,5-13H,2-3H3,(H2,23,24,25). The predicted molar refractivity (Wildman–Crippen MR) is 116 cm³/mol. The Morgan fingerprint density at radius 1 is 1.11 bits per heavy atom. The van der Waals surface area contributed by atoms with Gasteiger partial charge in [-0.1, -0.05) is 35.5 Å². The van der Waals surface area contributed by atoms with E-state index in [0.717, 1.165) is 37.8 Å². The maximum atomic E-state index is 6.24. The van der Waals surface area contributed by atoms with Crippen molar-refractivity contribution in [3.63, 3.8) is 0 Å². The van der Waals surface area contributed by atoms with Crippen molar-refractivity contribution in [2.24, 2.45) is 0 Å². The first-order valence-corrected chi connectivity index (χ1v) is 9.42. The molecule has 2 N–H and O–H groups in total. The lowest BCUT2D eigenvalue weighted by Gasteiger charge is -2.17. The van der Waals surface area contributed by atoms with Gasteiger partial charge in [0.05, 0.1) is 17.5 Å². The van der Waals surface area contributed by atoms with E-state index in [0.29, 0.717) is 11.6 Å². The van der Waals surface area contributed by atoms with Crippen molar-refractivity contribution < 1.29 is 4.74 Å². The maximum absolute atomic E-state index is 6.24. The summed E-state index contributed by atoms with van der Waals surface area (Å²) in [5, 5.41) is 1.85. The van der Waals surface area contributed by atoms with Crippen LogP contribution in [0.2, 0.25) is 0 Å². The van der Waals surface area contributed by atoms with Gasteiger partial charge in [0.15, 0.2) is 5.82 Å². The van der Waals surface area contributed by atoms with Gasteiger partial charge in [-0.05, 0) is 30.3 Å². The smallest absolute Gasteiger partial charge is 0.163 e. The van der Waals surface area contributed by atoms with E-state index in [-0.39, 0.29) is 0 Å². The minimum absolute atomic E-state index is 0.452. The number of nitrogen functional groups attached to an aromatic ring is 1. The summed E-state index contributed by atoms with van der Waals surface area (Å²) < 4.78 is 5.32. The number of aromatic nitrogens is 2. The number of nitrogens with zero attached hydrogens (tertiary/aromatic N) is 3. The fourth-order valence-electron chi connectivity index (χ4n) is 2.92. The van der Waals surface area contributed by atoms with E-state index < -0.39 is 0 Å². The maximum Gasteiger partial charge on any atom is 0.163 e. The van der Waals surface area contributed by atoms with E-state index in [9.17, 15) is 0 Å². The Balaban J connectivity index is 1.76. The first-order valence-electron chi connectivity index (χ1n) is 8.61. The van der Waals surface area contributed by atoms with Crippen LogP contribution in [0.4, 0.5) is 16.5 Å². The van der Waals surface area contributed by atoms with Crippen molar-refractivity contribution in [3.05, 3.63) is 60.2 Å². The van der Waals surface area contributed by atoms with Gasteiger partial charge in [0, 0.05) is 29.9 Å². The van der Waals surface area contributed by atoms with E-state index >= 15 is 0 Å². The number of anilines is 3. The van der Waals surface area contributed by atoms with E-state index in [4.69, 9.17) is 21.9 Å². The highest BCUT2D eigenvalue weighted by Gasteiger charge is 2.14. The Morgan fingerprint density at radius 3 is 2.71 bits per heavy atom. The van der Waals surface area contributed by atoms with Gasteiger partial charge in [-0.15, -0.1) is 6.42 Å². The van der Waals surface area contributed by atoms with Gasteiger partial charge in [-0.25, -0.2) is 9.97 Å². The van der Waals surface area contributed by atoms with E-state index in [1.165, 1.54) is 0 Å². The van der Waals surface area contributed by atoms with Gasteiger partial charge >= 0.3 is 0 Å². The molecule has 5 nitrogen and oxygen atoms in total. The molecule has 0 bridgehead atoms. The molecule has 0 fully saturated rings. The number of nitrogens with two attached hydrogens (primary N) is 1. The molecule has 2 heterocycles. The molecular formula is C22H18N4OS. The molecule has 0 unspecified atom stereocenters. The van der Waals surface area contributed by atoms with E-state index in [1.54, 1.807) is 18.4 Å². The van der Waals surface area contributed by atoms with Crippen LogP contribution in [0.1, 0.15) is 5.56 Å². The van der Waals surface area contributed by atoms with Crippen molar-refractivity contribution in [1.29, 1.82) is 0 Å². The number of hydrogen-bond acceptors (Lipinski definition) is 6. The topological polar surface area (TPSA) is 64.3 Å². The van der Waals surface area contributed by atoms with Crippen LogP contribution >= 0.6 is 11.3 Å². The van der Waals surface area contributed by atoms with Gasteiger partial charge < -0.3 is 15.4 Å². The molecule has 4 rings (SSSR count). The second-order valence-electron chi connectivity index (χ2n) is 6.22. The summed E-state index contributed by atoms with van der Waals surface area (Å²) in [5.74, 6) is 4.46. The van der Waals surface area contributed by atoms with Crippen molar-refractivity contribution in [2.75, 3.05) is 24.8 Å². The molecule has 0 aliphatic rings. The summed E-state index contributed by atoms with van der Waals surface area (Å²) in [6.07, 6.45) is 5.50. The highest BCUT2D eigenvalue weighted by Crippen LogP contribution is 2.38. The van der Waals surface area contributed by atoms with Gasteiger partial charge in [0.25, 0.3) is 0 Å². The number of ether oxygens (including phenoxy) is 1. The van der Waals surface area contributed by atoms with Crippen LogP contribution < -0.4 is 15.4 Å². The summed E-state index contributed by atoms with van der Waals surface area (Å²) in [7, 11) is 3.66. The van der Waals surface area contributed by atoms with Crippen LogP contribution in [-0.2, 0) is 0 Å². The fourth-order valence-corrected chi connectivity index (χ4v) is 3.94. The summed E-state index contributed by atoms with van der Waals surface area (Å²) in [5.41, 5.74) is 8.88. The lowest BCUT2D eigenvalue weighted by atomic mass is 10.1. The summed E-state index contributed by atoms with van der Waals surface area (Å²) in [4.78, 5) is 12.1. The average Bonchev–Trinajstić information content (AvgIpc) is 3.18. The molecule has 0 radical (unpaired) electrons. The third-order valence-corrected chi connectivity index (χ3v) is 5.57. The molecule has 6 heteroatoms. The molecule has 0 aliphatic carbocycles. The highest BCUT2D eigenvalue weighted by atomic mass is 32.1. The van der Waals surface area contributed by atoms with Crippen LogP contribution in [0, 0.1) is 12.3 Å². The average molecular weight is 386 g/mol. The molecule has 0 saturated carbocycles. The number of terminal acetylenes is 1. The number of thiophene rings is 1. The Morgan fingerprint density at radius 2 is 1.93 bits per heavy atom. The van der Waals surface area contributed by atoms with Gasteiger partial charge in [0.1, 0.15) is 16.4 Å². The van der Waals surface area contributed by atoms with Crippen molar-refractivity contribution >= 4 is 38.1 Å². The zero-order valence-corrected chi connectivity index (χ0v) is 16.3. The van der Waals surface area contributed by atoms with Crippen molar-refractivity contribution in [2.45, 2.75) is 0 Å². The molecule has 0 atom stereocenters. The van der Waals surface area contributed by atoms with Gasteiger partial charge in [0.2, 0.25) is 0 Å². The first-order chi connectivity index (χ1) is 13.6. The molecule has 0 saturated heterocycles. The summed E-state index contributed by atoms with van der Waals surface area (Å²) >= 11 is 1.56. The second kappa shape index (κ2) is 7.22. The third kappa shape index (κ3) is 3.24. The number of benzene rings is 2. The monoisotopic (exact) mass is 386 g/mol. The Hall–Kier alpha value is -3.56. The Labute approximate surface area is 167 Å². The van der Waals surface area contributed by atoms with Gasteiger partial charge in [-0.2, -0.15) is 0 Å². The second-order valence-corrected chi connectivity index (χ2v) is 7.23. The SMILES string of the molecule is C#Cc1cccc(-c2nc(N)c3cc(N(C)c4cccc(OC)c4)sc3n2)c1. The predicted octanol–water partition coefficient (Wildman–Crippen LogP) is 4.70. The van der Waals surface area contributed by atoms with Crippen molar-refractivity contribution in [3.8, 4) is 29.5 Å². The van der Waals surface area contributed by atoms with E-state index in [2.05, 4.69) is 15.8 Å². The zero-order chi connectivity index (χ0) is 19.7. The van der Waals surface area contributed by atoms with Gasteiger partial charge in [-0.3, -0.25) is 0 Å². The molecule has 138 valence electrons. The minimum atomic E-state index is 0.452. The normalized spacial score (nSPS) is 10.6. The number of hydrogen-bond donors (Lipinski definition) is 1. The summed E-state index contributed by atoms with van der Waals surface area (Å²) in [6.45, 7) is 0. The molecule has 4 aromatic rings. The number of fused-ring (bicyclic) bond motifs is 1. The van der Waals surface area contributed by atoms with Crippen LogP contribution in [0.15, 0.2) is 54.6 Å². The molecule has 2 aromatic heterocycles. The quantitative estimate of drug-likeness (QED) is 0.515. The lowest BCUT2D eigenvalue weighted by molar-refractivity contribution is 0.415. The highest BCUT2D eigenvalue weighted by molar-refractivity contribution is 7.22. The molecular weight excluding hydrogens is 368 g/mol. The van der Waals surface area contributed by atoms with E-state index in [1.807, 2.05) is 61.6 Å². The Kier molecular flexibility index (Phi) is 4.60. The lowest BCUT2D eigenvalue weighted by Crippen LogP contribution is -2.07. The molecule has 28 heavy (non-hydrogen) atoms. The largest absolute Gasteiger partial charge is 0.497 e. The third-order valence-electron chi connectivity index (χ3n) is 4.47. The molecule has 0 aliphatic heterocycles. The van der Waals surface area contributed by atoms with Crippen LogP contribution in [0.25, 0.3) is 21.6 Å². The van der Waals surface area contributed by atoms with Crippen molar-refractivity contribution in [1.82, 2.24) is 9.97 Å². The summed E-state index contributed by atoms with van der Waals surface area (Å²) in [6, 6.07) is 17.5. The fraction of sp³-hybridized carbons (Fsp3) is 0.0909. The molecule has 0 amide bonds. The first kappa shape index (κ1) is 17.8. The zero-order valence-electron chi connectivity index (χ0n) is 15.5. The van der Waals surface area contributed by atoms with Crippen LogP contribution in [0.5, 0.6) is 5.75 Å². The van der Waals surface area contributed by atoms with Crippen LogP contribution in [0.3, 0.4) is 0 Å². The minimum Gasteiger partial charge on any atom is -0.497 e. The van der Waals surface area contributed by atoms with Crippen LogP contribution in [-0.4, -0.2) is 24.1 Å². The number of rotatable bonds is 4. The Bertz CT molecular complexity index is 1210. The molecule has 2 aromatic carbocycles. The molecule has 0 spiro atoms.